The average molecular weight is 461 g/mol. The molecule has 170 valence electrons. The molecule has 0 bridgehead atoms. The fraction of sp³-hybridized carbons (Fsp3) is 0.333. The molecule has 2 aromatic rings. The van der Waals surface area contributed by atoms with Gasteiger partial charge in [0.1, 0.15) is 4.90 Å². The van der Waals surface area contributed by atoms with Crippen LogP contribution in [0, 0.1) is 5.92 Å². The number of ether oxygens (including phenoxy) is 2. The number of aromatic nitrogens is 1. The second-order valence-corrected chi connectivity index (χ2v) is 9.03. The Kier molecular flexibility index (Phi) is 7.54. The molecule has 1 amide bonds. The lowest BCUT2D eigenvalue weighted by Gasteiger charge is -2.29. The summed E-state index contributed by atoms with van der Waals surface area (Å²) in [5.74, 6) is -2.14. The van der Waals surface area contributed by atoms with Gasteiger partial charge >= 0.3 is 11.9 Å². The van der Waals surface area contributed by atoms with Crippen molar-refractivity contribution in [1.82, 2.24) is 9.29 Å². The molecule has 0 unspecified atom stereocenters. The number of hydrogen-bond acceptors (Lipinski definition) is 8. The molecule has 1 aliphatic heterocycles. The molecule has 1 aromatic heterocycles. The maximum Gasteiger partial charge on any atom is 0.337 e. The highest BCUT2D eigenvalue weighted by molar-refractivity contribution is 7.89. The predicted octanol–water partition coefficient (Wildman–Crippen LogP) is 1.45. The van der Waals surface area contributed by atoms with E-state index in [1.54, 1.807) is 24.3 Å². The Morgan fingerprint density at radius 2 is 1.91 bits per heavy atom. The van der Waals surface area contributed by atoms with Gasteiger partial charge in [-0.2, -0.15) is 4.31 Å². The summed E-state index contributed by atoms with van der Waals surface area (Å²) < 4.78 is 36.3. The maximum absolute atomic E-state index is 12.6. The number of carbonyl (C=O) groups is 3. The summed E-state index contributed by atoms with van der Waals surface area (Å²) in [5.41, 5.74) is 0.637. The summed E-state index contributed by atoms with van der Waals surface area (Å²) in [5, 5.41) is 2.55. The van der Waals surface area contributed by atoms with E-state index in [9.17, 15) is 22.8 Å². The Hall–Kier alpha value is -3.31. The van der Waals surface area contributed by atoms with Gasteiger partial charge in [-0.3, -0.25) is 14.6 Å². The number of benzene rings is 1. The van der Waals surface area contributed by atoms with Crippen LogP contribution >= 0.6 is 0 Å². The number of rotatable bonds is 7. The smallest absolute Gasteiger partial charge is 0.337 e. The molecule has 0 saturated carbocycles. The van der Waals surface area contributed by atoms with Crippen LogP contribution in [0.4, 0.5) is 5.69 Å². The number of esters is 2. The van der Waals surface area contributed by atoms with Crippen molar-refractivity contribution in [3.05, 3.63) is 54.4 Å². The van der Waals surface area contributed by atoms with Gasteiger partial charge < -0.3 is 14.8 Å². The topological polar surface area (TPSA) is 132 Å². The quantitative estimate of drug-likeness (QED) is 0.613. The minimum Gasteiger partial charge on any atom is -0.465 e. The fourth-order valence-corrected chi connectivity index (χ4v) is 4.71. The molecule has 0 atom stereocenters. The third-order valence-corrected chi connectivity index (χ3v) is 6.85. The molecule has 0 spiro atoms. The number of nitrogens with zero attached hydrogens (tertiary/aromatic N) is 2. The summed E-state index contributed by atoms with van der Waals surface area (Å²) in [6.07, 6.45) is 3.37. The van der Waals surface area contributed by atoms with E-state index in [1.807, 2.05) is 0 Å². The minimum atomic E-state index is -3.66. The summed E-state index contributed by atoms with van der Waals surface area (Å²) >= 11 is 0. The van der Waals surface area contributed by atoms with E-state index in [0.29, 0.717) is 18.5 Å². The van der Waals surface area contributed by atoms with Crippen LogP contribution in [0.3, 0.4) is 0 Å². The Labute approximate surface area is 185 Å². The van der Waals surface area contributed by atoms with E-state index in [1.165, 1.54) is 35.9 Å². The minimum absolute atomic E-state index is 0.106. The highest BCUT2D eigenvalue weighted by Crippen LogP contribution is 2.24. The van der Waals surface area contributed by atoms with Crippen LogP contribution < -0.4 is 5.32 Å². The SMILES string of the molecule is COC(=O)c1cccc(NC(=O)COC(=O)C2CCN(S(=O)(=O)c3cccnc3)CC2)c1. The van der Waals surface area contributed by atoms with Crippen LogP contribution in [0.25, 0.3) is 0 Å². The zero-order valence-electron chi connectivity index (χ0n) is 17.4. The van der Waals surface area contributed by atoms with Crippen molar-refractivity contribution < 1.29 is 32.3 Å². The summed E-state index contributed by atoms with van der Waals surface area (Å²) in [6.45, 7) is -0.150. The van der Waals surface area contributed by atoms with E-state index < -0.39 is 40.4 Å². The number of anilines is 1. The third-order valence-electron chi connectivity index (χ3n) is 4.97. The Morgan fingerprint density at radius 1 is 1.16 bits per heavy atom. The standard InChI is InChI=1S/C21H23N3O7S/c1-30-20(26)16-4-2-5-17(12-16)23-19(25)14-31-21(27)15-7-10-24(11-8-15)32(28,29)18-6-3-9-22-13-18/h2-6,9,12-13,15H,7-8,10-11,14H2,1H3,(H,23,25). The highest BCUT2D eigenvalue weighted by atomic mass is 32.2. The van der Waals surface area contributed by atoms with Crippen molar-refractivity contribution >= 4 is 33.6 Å². The van der Waals surface area contributed by atoms with E-state index in [4.69, 9.17) is 4.74 Å². The van der Waals surface area contributed by atoms with Crippen molar-refractivity contribution in [1.29, 1.82) is 0 Å². The zero-order valence-corrected chi connectivity index (χ0v) is 18.2. The first-order chi connectivity index (χ1) is 15.3. The molecule has 3 rings (SSSR count). The van der Waals surface area contributed by atoms with Gasteiger partial charge in [0, 0.05) is 31.2 Å². The predicted molar refractivity (Wildman–Crippen MR) is 113 cm³/mol. The van der Waals surface area contributed by atoms with Gasteiger partial charge in [-0.1, -0.05) is 6.07 Å². The second kappa shape index (κ2) is 10.3. The molecule has 11 heteroatoms. The van der Waals surface area contributed by atoms with Gasteiger partial charge in [0.25, 0.3) is 5.91 Å². The number of piperidine rings is 1. The molecule has 10 nitrogen and oxygen atoms in total. The number of carbonyl (C=O) groups excluding carboxylic acids is 3. The third kappa shape index (κ3) is 5.68. The lowest BCUT2D eigenvalue weighted by atomic mass is 9.98. The molecule has 2 heterocycles. The number of amides is 1. The van der Waals surface area contributed by atoms with Crippen LogP contribution in [0.2, 0.25) is 0 Å². The molecule has 1 N–H and O–H groups in total. The maximum atomic E-state index is 12.6. The molecule has 32 heavy (non-hydrogen) atoms. The van der Waals surface area contributed by atoms with E-state index in [0.717, 1.165) is 0 Å². The number of pyridine rings is 1. The van der Waals surface area contributed by atoms with Gasteiger partial charge in [0.05, 0.1) is 18.6 Å². The second-order valence-electron chi connectivity index (χ2n) is 7.10. The van der Waals surface area contributed by atoms with Crippen LogP contribution in [-0.2, 0) is 29.1 Å². The molecular weight excluding hydrogens is 438 g/mol. The first kappa shape index (κ1) is 23.4. The molecule has 1 aliphatic rings. The average Bonchev–Trinajstić information content (AvgIpc) is 2.82. The van der Waals surface area contributed by atoms with Crippen LogP contribution in [0.5, 0.6) is 0 Å². The van der Waals surface area contributed by atoms with Crippen molar-refractivity contribution in [2.45, 2.75) is 17.7 Å². The van der Waals surface area contributed by atoms with E-state index >= 15 is 0 Å². The largest absolute Gasteiger partial charge is 0.465 e. The number of methoxy groups -OCH3 is 1. The molecule has 0 aliphatic carbocycles. The van der Waals surface area contributed by atoms with Crippen molar-refractivity contribution in [3.63, 3.8) is 0 Å². The van der Waals surface area contributed by atoms with Crippen molar-refractivity contribution in [3.8, 4) is 0 Å². The van der Waals surface area contributed by atoms with E-state index in [2.05, 4.69) is 15.0 Å². The highest BCUT2D eigenvalue weighted by Gasteiger charge is 2.33. The lowest BCUT2D eigenvalue weighted by molar-refractivity contribution is -0.152. The number of nitrogens with one attached hydrogen (secondary N) is 1. The van der Waals surface area contributed by atoms with Crippen molar-refractivity contribution in [2.24, 2.45) is 5.92 Å². The van der Waals surface area contributed by atoms with Gasteiger partial charge in [-0.15, -0.1) is 0 Å². The van der Waals surface area contributed by atoms with Crippen molar-refractivity contribution in [2.75, 3.05) is 32.1 Å². The van der Waals surface area contributed by atoms with Crippen LogP contribution in [0.1, 0.15) is 23.2 Å². The molecule has 0 radical (unpaired) electrons. The number of sulfonamides is 1. The van der Waals surface area contributed by atoms with Gasteiger partial charge in [-0.05, 0) is 43.2 Å². The Bertz CT molecular complexity index is 1080. The number of hydrogen-bond donors (Lipinski definition) is 1. The summed E-state index contributed by atoms with van der Waals surface area (Å²) in [6, 6.07) is 9.19. The monoisotopic (exact) mass is 461 g/mol. The van der Waals surface area contributed by atoms with E-state index in [-0.39, 0.29) is 23.5 Å². The molecule has 1 aromatic carbocycles. The Balaban J connectivity index is 1.47. The molecule has 1 saturated heterocycles. The van der Waals surface area contributed by atoms with Crippen LogP contribution in [-0.4, -0.2) is 62.4 Å². The molecular formula is C21H23N3O7S. The first-order valence-corrected chi connectivity index (χ1v) is 11.3. The van der Waals surface area contributed by atoms with Crippen LogP contribution in [0.15, 0.2) is 53.7 Å². The van der Waals surface area contributed by atoms with Gasteiger partial charge in [0.15, 0.2) is 6.61 Å². The Morgan fingerprint density at radius 3 is 2.56 bits per heavy atom. The fourth-order valence-electron chi connectivity index (χ4n) is 3.27. The zero-order chi connectivity index (χ0) is 23.1. The van der Waals surface area contributed by atoms with Gasteiger partial charge in [0.2, 0.25) is 10.0 Å². The summed E-state index contributed by atoms with van der Waals surface area (Å²) in [4.78, 5) is 39.9. The normalized spacial score (nSPS) is 15.0. The lowest BCUT2D eigenvalue weighted by Crippen LogP contribution is -2.40. The first-order valence-electron chi connectivity index (χ1n) is 9.86. The molecule has 1 fully saturated rings. The summed E-state index contributed by atoms with van der Waals surface area (Å²) in [7, 11) is -2.41. The van der Waals surface area contributed by atoms with Gasteiger partial charge in [-0.25, -0.2) is 13.2 Å².